The van der Waals surface area contributed by atoms with E-state index in [2.05, 4.69) is 27.6 Å². The molecule has 3 aromatic rings. The number of hydrogen-bond donors (Lipinski definition) is 0. The van der Waals surface area contributed by atoms with Crippen molar-refractivity contribution in [2.75, 3.05) is 14.1 Å². The van der Waals surface area contributed by atoms with Crippen molar-refractivity contribution in [1.82, 2.24) is 13.9 Å². The molecule has 0 aliphatic rings. The highest BCUT2D eigenvalue weighted by molar-refractivity contribution is 14.1. The molecule has 0 atom stereocenters. The number of nitrogens with zero attached hydrogens (tertiary/aromatic N) is 3. The number of hydrogen-bond acceptors (Lipinski definition) is 4. The molecule has 6 nitrogen and oxygen atoms in total. The third-order valence-electron chi connectivity index (χ3n) is 4.06. The third-order valence-corrected chi connectivity index (χ3v) is 6.54. The van der Waals surface area contributed by atoms with Crippen LogP contribution in [0.25, 0.3) is 11.0 Å². The highest BCUT2D eigenvalue weighted by atomic mass is 127. The van der Waals surface area contributed by atoms with Gasteiger partial charge in [0.25, 0.3) is 0 Å². The second-order valence-corrected chi connectivity index (χ2v) is 9.35. The molecule has 0 unspecified atom stereocenters. The molecule has 8 heteroatoms. The van der Waals surface area contributed by atoms with Crippen LogP contribution in [0.1, 0.15) is 12.7 Å². The van der Waals surface area contributed by atoms with Gasteiger partial charge in [-0.2, -0.15) is 0 Å². The maximum atomic E-state index is 12.3. The van der Waals surface area contributed by atoms with Crippen LogP contribution in [0, 0.1) is 3.57 Å². The lowest BCUT2D eigenvalue weighted by Gasteiger charge is -2.11. The van der Waals surface area contributed by atoms with Crippen molar-refractivity contribution in [3.63, 3.8) is 0 Å². The van der Waals surface area contributed by atoms with E-state index in [1.165, 1.54) is 18.4 Å². The Morgan fingerprint density at radius 3 is 2.62 bits per heavy atom. The fraction of sp³-hybridized carbons (Fsp3) is 0.278. The number of imidazole rings is 1. The van der Waals surface area contributed by atoms with Gasteiger partial charge in [-0.1, -0.05) is 6.07 Å². The molecule has 0 fully saturated rings. The van der Waals surface area contributed by atoms with Gasteiger partial charge >= 0.3 is 0 Å². The second kappa shape index (κ2) is 7.53. The standard InChI is InChI=1S/C18H20IN3O3S/c1-4-22-17-9-8-15(26(23,24)21(2)3)11-16(17)20-18(22)12-25-14-7-5-6-13(19)10-14/h5-11H,4,12H2,1-3H3. The molecule has 0 aliphatic carbocycles. The molecule has 0 bridgehead atoms. The number of benzene rings is 2. The summed E-state index contributed by atoms with van der Waals surface area (Å²) in [6, 6.07) is 12.8. The first-order valence-corrected chi connectivity index (χ1v) is 10.6. The van der Waals surface area contributed by atoms with E-state index >= 15 is 0 Å². The fourth-order valence-electron chi connectivity index (χ4n) is 2.70. The lowest BCUT2D eigenvalue weighted by molar-refractivity contribution is 0.290. The summed E-state index contributed by atoms with van der Waals surface area (Å²) in [7, 11) is -0.450. The van der Waals surface area contributed by atoms with Crippen LogP contribution in [-0.2, 0) is 23.2 Å². The Morgan fingerprint density at radius 2 is 1.96 bits per heavy atom. The smallest absolute Gasteiger partial charge is 0.242 e. The number of fused-ring (bicyclic) bond motifs is 1. The summed E-state index contributed by atoms with van der Waals surface area (Å²) in [6.07, 6.45) is 0. The van der Waals surface area contributed by atoms with Crippen molar-refractivity contribution >= 4 is 43.6 Å². The van der Waals surface area contributed by atoms with Crippen molar-refractivity contribution in [3.8, 4) is 5.75 Å². The molecule has 0 N–H and O–H groups in total. The third kappa shape index (κ3) is 3.72. The van der Waals surface area contributed by atoms with Crippen molar-refractivity contribution in [2.24, 2.45) is 0 Å². The summed E-state index contributed by atoms with van der Waals surface area (Å²) >= 11 is 2.24. The highest BCUT2D eigenvalue weighted by Crippen LogP contribution is 2.23. The van der Waals surface area contributed by atoms with E-state index in [4.69, 9.17) is 4.74 Å². The average molecular weight is 485 g/mol. The number of halogens is 1. The number of sulfonamides is 1. The number of ether oxygens (including phenoxy) is 1. The Kier molecular flexibility index (Phi) is 5.54. The lowest BCUT2D eigenvalue weighted by Crippen LogP contribution is -2.22. The molecule has 0 spiro atoms. The fourth-order valence-corrected chi connectivity index (χ4v) is 4.14. The Bertz CT molecular complexity index is 1050. The molecule has 0 aliphatic heterocycles. The largest absolute Gasteiger partial charge is 0.486 e. The number of aromatic nitrogens is 2. The minimum absolute atomic E-state index is 0.237. The highest BCUT2D eigenvalue weighted by Gasteiger charge is 2.19. The molecule has 0 radical (unpaired) electrons. The molecular formula is C18H20IN3O3S. The second-order valence-electron chi connectivity index (χ2n) is 5.96. The zero-order valence-electron chi connectivity index (χ0n) is 14.8. The van der Waals surface area contributed by atoms with Crippen molar-refractivity contribution in [1.29, 1.82) is 0 Å². The topological polar surface area (TPSA) is 64.4 Å². The van der Waals surface area contributed by atoms with E-state index in [9.17, 15) is 8.42 Å². The Hall–Kier alpha value is -1.65. The predicted octanol–water partition coefficient (Wildman–Crippen LogP) is 3.49. The summed E-state index contributed by atoms with van der Waals surface area (Å²) < 4.78 is 34.9. The molecule has 0 saturated carbocycles. The predicted molar refractivity (Wildman–Crippen MR) is 110 cm³/mol. The first kappa shape index (κ1) is 19.1. The van der Waals surface area contributed by atoms with Gasteiger partial charge in [-0.3, -0.25) is 0 Å². The van der Waals surface area contributed by atoms with Crippen LogP contribution < -0.4 is 4.74 Å². The van der Waals surface area contributed by atoms with Crippen LogP contribution in [0.2, 0.25) is 0 Å². The summed E-state index contributed by atoms with van der Waals surface area (Å²) in [5.74, 6) is 1.54. The molecule has 138 valence electrons. The zero-order chi connectivity index (χ0) is 18.9. The molecule has 2 aromatic carbocycles. The van der Waals surface area contributed by atoms with Crippen LogP contribution in [0.3, 0.4) is 0 Å². The van der Waals surface area contributed by atoms with Gasteiger partial charge < -0.3 is 9.30 Å². The SMILES string of the molecule is CCn1c(COc2cccc(I)c2)nc2cc(S(=O)(=O)N(C)C)ccc21. The van der Waals surface area contributed by atoms with Crippen LogP contribution in [-0.4, -0.2) is 36.4 Å². The van der Waals surface area contributed by atoms with E-state index < -0.39 is 10.0 Å². The zero-order valence-corrected chi connectivity index (χ0v) is 17.8. The average Bonchev–Trinajstić information content (AvgIpc) is 2.96. The monoisotopic (exact) mass is 485 g/mol. The molecule has 1 heterocycles. The molecular weight excluding hydrogens is 465 g/mol. The normalized spacial score (nSPS) is 12.0. The van der Waals surface area contributed by atoms with E-state index in [0.717, 1.165) is 27.2 Å². The van der Waals surface area contributed by atoms with Gasteiger partial charge in [0.05, 0.1) is 15.9 Å². The number of rotatable bonds is 6. The van der Waals surface area contributed by atoms with E-state index in [0.29, 0.717) is 12.1 Å². The minimum atomic E-state index is -3.49. The number of aryl methyl sites for hydroxylation is 1. The summed E-state index contributed by atoms with van der Waals surface area (Å²) in [6.45, 7) is 3.07. The van der Waals surface area contributed by atoms with Gasteiger partial charge in [0.15, 0.2) is 0 Å². The van der Waals surface area contributed by atoms with Crippen LogP contribution >= 0.6 is 22.6 Å². The van der Waals surface area contributed by atoms with Gasteiger partial charge in [0.1, 0.15) is 18.2 Å². The summed E-state index contributed by atoms with van der Waals surface area (Å²) in [5, 5.41) is 0. The molecule has 0 saturated heterocycles. The van der Waals surface area contributed by atoms with E-state index in [1.807, 2.05) is 35.8 Å². The van der Waals surface area contributed by atoms with Crippen molar-refractivity contribution in [2.45, 2.75) is 25.0 Å². The summed E-state index contributed by atoms with van der Waals surface area (Å²) in [4.78, 5) is 4.84. The summed E-state index contributed by atoms with van der Waals surface area (Å²) in [5.41, 5.74) is 1.54. The molecule has 3 rings (SSSR count). The first-order valence-electron chi connectivity index (χ1n) is 8.13. The van der Waals surface area contributed by atoms with Crippen LogP contribution in [0.5, 0.6) is 5.75 Å². The molecule has 26 heavy (non-hydrogen) atoms. The van der Waals surface area contributed by atoms with Crippen LogP contribution in [0.4, 0.5) is 0 Å². The first-order chi connectivity index (χ1) is 12.3. The molecule has 1 aromatic heterocycles. The van der Waals surface area contributed by atoms with Gasteiger partial charge in [-0.15, -0.1) is 0 Å². The van der Waals surface area contributed by atoms with Gasteiger partial charge in [-0.25, -0.2) is 17.7 Å². The molecule has 0 amide bonds. The van der Waals surface area contributed by atoms with Gasteiger partial charge in [0.2, 0.25) is 10.0 Å². The quantitative estimate of drug-likeness (QED) is 0.502. The Balaban J connectivity index is 1.96. The lowest BCUT2D eigenvalue weighted by atomic mass is 10.3. The van der Waals surface area contributed by atoms with E-state index in [-0.39, 0.29) is 4.90 Å². The van der Waals surface area contributed by atoms with Gasteiger partial charge in [-0.05, 0) is 65.9 Å². The Morgan fingerprint density at radius 1 is 1.19 bits per heavy atom. The minimum Gasteiger partial charge on any atom is -0.486 e. The van der Waals surface area contributed by atoms with Gasteiger partial charge in [0, 0.05) is 24.2 Å². The van der Waals surface area contributed by atoms with Crippen molar-refractivity contribution in [3.05, 3.63) is 51.9 Å². The maximum absolute atomic E-state index is 12.3. The Labute approximate surface area is 167 Å². The van der Waals surface area contributed by atoms with E-state index in [1.54, 1.807) is 18.2 Å². The van der Waals surface area contributed by atoms with Crippen molar-refractivity contribution < 1.29 is 13.2 Å². The van der Waals surface area contributed by atoms with Crippen LogP contribution in [0.15, 0.2) is 47.4 Å². The maximum Gasteiger partial charge on any atom is 0.242 e.